The van der Waals surface area contributed by atoms with Crippen LogP contribution in [0.25, 0.3) is 0 Å². The van der Waals surface area contributed by atoms with Crippen LogP contribution >= 0.6 is 0 Å². The smallest absolute Gasteiger partial charge is 0.0221 e. The Morgan fingerprint density at radius 2 is 0.500 bits per heavy atom. The van der Waals surface area contributed by atoms with Gasteiger partial charge in [-0.3, -0.25) is 0 Å². The molecule has 0 amide bonds. The zero-order valence-corrected chi connectivity index (χ0v) is 31.0. The van der Waals surface area contributed by atoms with Crippen molar-refractivity contribution in [3.05, 3.63) is 0 Å². The molecule has 0 aliphatic heterocycles. The van der Waals surface area contributed by atoms with Crippen LogP contribution in [0.4, 0.5) is 0 Å². The van der Waals surface area contributed by atoms with Gasteiger partial charge in [0.2, 0.25) is 0 Å². The Morgan fingerprint density at radius 1 is 0.295 bits per heavy atom. The maximum Gasteiger partial charge on any atom is 0.0221 e. The van der Waals surface area contributed by atoms with Crippen molar-refractivity contribution in [3.8, 4) is 0 Å². The summed E-state index contributed by atoms with van der Waals surface area (Å²) in [6, 6.07) is 1.45. The maximum atomic E-state index is 3.97. The minimum atomic E-state index is 0.723. The van der Waals surface area contributed by atoms with Gasteiger partial charge >= 0.3 is 0 Å². The predicted octanol–water partition coefficient (Wildman–Crippen LogP) is 14.0. The van der Waals surface area contributed by atoms with Crippen LogP contribution in [0.1, 0.15) is 245 Å². The topological polar surface area (TPSA) is 24.1 Å². The Labute approximate surface area is 280 Å². The molecule has 0 aromatic carbocycles. The first-order chi connectivity index (χ1) is 21.9. The monoisotopic (exact) mass is 619 g/mol. The lowest BCUT2D eigenvalue weighted by atomic mass is 9.90. The van der Waals surface area contributed by atoms with E-state index < -0.39 is 0 Å². The third-order valence-corrected chi connectivity index (χ3v) is 10.6. The van der Waals surface area contributed by atoms with Gasteiger partial charge in [0.1, 0.15) is 0 Å². The summed E-state index contributed by atoms with van der Waals surface area (Å²) in [6.45, 7) is 7.09. The molecular formula is C42H86N2. The Kier molecular flexibility index (Phi) is 34.1. The first-order valence-electron chi connectivity index (χ1n) is 21.3. The maximum absolute atomic E-state index is 3.97. The molecule has 264 valence electrons. The number of rotatable bonds is 36. The van der Waals surface area contributed by atoms with Crippen molar-refractivity contribution in [2.24, 2.45) is 0 Å². The Bertz CT molecular complexity index is 474. The van der Waals surface area contributed by atoms with Crippen molar-refractivity contribution in [2.75, 3.05) is 13.1 Å². The average molecular weight is 619 g/mol. The highest BCUT2D eigenvalue weighted by atomic mass is 15.0. The summed E-state index contributed by atoms with van der Waals surface area (Å²) in [6.07, 6.45) is 52.2. The predicted molar refractivity (Wildman–Crippen MR) is 201 cm³/mol. The molecule has 2 N–H and O–H groups in total. The van der Waals surface area contributed by atoms with Crippen molar-refractivity contribution >= 4 is 0 Å². The van der Waals surface area contributed by atoms with Gasteiger partial charge in [-0.05, 0) is 38.8 Å². The summed E-state index contributed by atoms with van der Waals surface area (Å²) in [7, 11) is 0. The molecule has 0 radical (unpaired) electrons. The van der Waals surface area contributed by atoms with Crippen molar-refractivity contribution < 1.29 is 0 Å². The van der Waals surface area contributed by atoms with Gasteiger partial charge in [-0.2, -0.15) is 0 Å². The molecule has 2 nitrogen and oxygen atoms in total. The zero-order chi connectivity index (χ0) is 31.4. The quantitative estimate of drug-likeness (QED) is 0.0683. The van der Waals surface area contributed by atoms with E-state index in [1.54, 1.807) is 0 Å². The van der Waals surface area contributed by atoms with Gasteiger partial charge in [0, 0.05) is 12.1 Å². The second kappa shape index (κ2) is 35.8. The van der Waals surface area contributed by atoms with Crippen LogP contribution < -0.4 is 10.6 Å². The summed E-state index contributed by atoms with van der Waals surface area (Å²) in [5, 5.41) is 7.93. The fourth-order valence-corrected chi connectivity index (χ4v) is 7.54. The SMILES string of the molecule is CCCCCCCCCCCCCCCCCCN[C@H]1CCCC[C@@H]1NCCCCCCCCCCCCCCCCCC. The fourth-order valence-electron chi connectivity index (χ4n) is 7.54. The molecule has 1 saturated carbocycles. The lowest BCUT2D eigenvalue weighted by Gasteiger charge is -2.33. The lowest BCUT2D eigenvalue weighted by Crippen LogP contribution is -2.50. The van der Waals surface area contributed by atoms with Crippen molar-refractivity contribution in [2.45, 2.75) is 257 Å². The second-order valence-corrected chi connectivity index (χ2v) is 15.0. The summed E-state index contributed by atoms with van der Waals surface area (Å²) in [4.78, 5) is 0. The molecule has 0 saturated heterocycles. The highest BCUT2D eigenvalue weighted by molar-refractivity contribution is 4.86. The Hall–Kier alpha value is -0.0800. The summed E-state index contributed by atoms with van der Waals surface area (Å²) < 4.78 is 0. The van der Waals surface area contributed by atoms with Gasteiger partial charge in [-0.1, -0.05) is 219 Å². The van der Waals surface area contributed by atoms with Crippen molar-refractivity contribution in [1.29, 1.82) is 0 Å². The van der Waals surface area contributed by atoms with Crippen LogP contribution in [0.5, 0.6) is 0 Å². The molecule has 2 atom stereocenters. The number of hydrogen-bond donors (Lipinski definition) is 2. The molecule has 1 fully saturated rings. The normalized spacial score (nSPS) is 17.0. The molecule has 1 aliphatic rings. The van der Waals surface area contributed by atoms with E-state index in [0.29, 0.717) is 0 Å². The molecule has 1 aliphatic carbocycles. The summed E-state index contributed by atoms with van der Waals surface area (Å²) >= 11 is 0. The zero-order valence-electron chi connectivity index (χ0n) is 31.0. The summed E-state index contributed by atoms with van der Waals surface area (Å²) in [5.74, 6) is 0. The second-order valence-electron chi connectivity index (χ2n) is 15.0. The fraction of sp³-hybridized carbons (Fsp3) is 1.00. The minimum Gasteiger partial charge on any atom is -0.312 e. The van der Waals surface area contributed by atoms with Crippen LogP contribution in [0, 0.1) is 0 Å². The third-order valence-electron chi connectivity index (χ3n) is 10.6. The first kappa shape index (κ1) is 41.9. The van der Waals surface area contributed by atoms with E-state index in [4.69, 9.17) is 0 Å². The van der Waals surface area contributed by atoms with Crippen LogP contribution in [0.2, 0.25) is 0 Å². The standard InChI is InChI=1S/C42H86N2/c1-3-5-7-9-11-13-15-17-19-21-23-25-27-29-31-35-39-43-41-37-33-34-38-42(41)44-40-36-32-30-28-26-24-22-20-18-16-14-12-10-8-6-4-2/h41-44H,3-40H2,1-2H3/t41-,42-/m0/s1. The molecule has 0 spiro atoms. The van der Waals surface area contributed by atoms with E-state index in [-0.39, 0.29) is 0 Å². The van der Waals surface area contributed by atoms with Crippen LogP contribution in [0.3, 0.4) is 0 Å². The molecule has 0 unspecified atom stereocenters. The molecule has 0 aromatic rings. The van der Waals surface area contributed by atoms with E-state index in [1.165, 1.54) is 244 Å². The molecular weight excluding hydrogens is 532 g/mol. The third kappa shape index (κ3) is 29.3. The van der Waals surface area contributed by atoms with Crippen LogP contribution in [-0.2, 0) is 0 Å². The van der Waals surface area contributed by atoms with Gasteiger partial charge in [-0.25, -0.2) is 0 Å². The lowest BCUT2D eigenvalue weighted by molar-refractivity contribution is 0.281. The van der Waals surface area contributed by atoms with Crippen molar-refractivity contribution in [3.63, 3.8) is 0 Å². The van der Waals surface area contributed by atoms with Gasteiger partial charge in [0.25, 0.3) is 0 Å². The summed E-state index contributed by atoms with van der Waals surface area (Å²) in [5.41, 5.74) is 0. The van der Waals surface area contributed by atoms with E-state index in [0.717, 1.165) is 12.1 Å². The largest absolute Gasteiger partial charge is 0.312 e. The molecule has 0 aromatic heterocycles. The van der Waals surface area contributed by atoms with Crippen LogP contribution in [-0.4, -0.2) is 25.2 Å². The van der Waals surface area contributed by atoms with E-state index in [2.05, 4.69) is 24.5 Å². The number of hydrogen-bond acceptors (Lipinski definition) is 2. The molecule has 1 rings (SSSR count). The van der Waals surface area contributed by atoms with E-state index in [9.17, 15) is 0 Å². The van der Waals surface area contributed by atoms with Crippen LogP contribution in [0.15, 0.2) is 0 Å². The van der Waals surface area contributed by atoms with Gasteiger partial charge in [0.05, 0.1) is 0 Å². The van der Waals surface area contributed by atoms with Gasteiger partial charge in [0.15, 0.2) is 0 Å². The van der Waals surface area contributed by atoms with E-state index >= 15 is 0 Å². The van der Waals surface area contributed by atoms with Crippen molar-refractivity contribution in [1.82, 2.24) is 10.6 Å². The molecule has 0 bridgehead atoms. The first-order valence-corrected chi connectivity index (χ1v) is 21.3. The molecule has 0 heterocycles. The highest BCUT2D eigenvalue weighted by Gasteiger charge is 2.23. The Morgan fingerprint density at radius 3 is 0.727 bits per heavy atom. The number of unbranched alkanes of at least 4 members (excludes halogenated alkanes) is 30. The average Bonchev–Trinajstić information content (AvgIpc) is 3.04. The van der Waals surface area contributed by atoms with Gasteiger partial charge < -0.3 is 10.6 Å². The highest BCUT2D eigenvalue weighted by Crippen LogP contribution is 2.20. The minimum absolute atomic E-state index is 0.723. The van der Waals surface area contributed by atoms with Gasteiger partial charge in [-0.15, -0.1) is 0 Å². The van der Waals surface area contributed by atoms with E-state index in [1.807, 2.05) is 0 Å². The number of nitrogens with one attached hydrogen (secondary N) is 2. The Balaban J connectivity index is 1.83. The molecule has 2 heteroatoms. The molecule has 44 heavy (non-hydrogen) atoms.